The highest BCUT2D eigenvalue weighted by molar-refractivity contribution is 5.56. The summed E-state index contributed by atoms with van der Waals surface area (Å²) in [5, 5.41) is 13.6. The number of H-pyrrole nitrogens is 1. The summed E-state index contributed by atoms with van der Waals surface area (Å²) in [5.74, 6) is -0.00566. The molecule has 2 atom stereocenters. The second-order valence-electron chi connectivity index (χ2n) is 5.76. The number of nitrogens with one attached hydrogen (secondary N) is 1. The van der Waals surface area contributed by atoms with Crippen LogP contribution in [0.25, 0.3) is 11.4 Å². The van der Waals surface area contributed by atoms with E-state index < -0.39 is 0 Å². The third-order valence-electron chi connectivity index (χ3n) is 4.09. The Kier molecular flexibility index (Phi) is 4.44. The van der Waals surface area contributed by atoms with Gasteiger partial charge in [0.05, 0.1) is 11.7 Å². The molecular formula is C15H20FN5O. The Morgan fingerprint density at radius 1 is 1.41 bits per heavy atom. The molecule has 0 unspecified atom stereocenters. The van der Waals surface area contributed by atoms with Crippen molar-refractivity contribution in [3.63, 3.8) is 0 Å². The predicted molar refractivity (Wildman–Crippen MR) is 79.5 cm³/mol. The molecule has 0 amide bonds. The summed E-state index contributed by atoms with van der Waals surface area (Å²) in [5.41, 5.74) is 1.02. The largest absolute Gasteiger partial charge is 0.377 e. The van der Waals surface area contributed by atoms with E-state index in [1.54, 1.807) is 6.07 Å². The van der Waals surface area contributed by atoms with Crippen LogP contribution in [-0.4, -0.2) is 50.8 Å². The monoisotopic (exact) mass is 305 g/mol. The van der Waals surface area contributed by atoms with Crippen molar-refractivity contribution in [2.45, 2.75) is 39.0 Å². The maximum Gasteiger partial charge on any atom is 0.207 e. The minimum Gasteiger partial charge on any atom is -0.377 e. The van der Waals surface area contributed by atoms with Gasteiger partial charge in [0.25, 0.3) is 0 Å². The van der Waals surface area contributed by atoms with Crippen LogP contribution in [0.1, 0.15) is 25.8 Å². The van der Waals surface area contributed by atoms with E-state index in [4.69, 9.17) is 4.74 Å². The number of tetrazole rings is 1. The molecule has 6 nitrogen and oxygen atoms in total. The number of ether oxygens (including phenoxy) is 1. The van der Waals surface area contributed by atoms with E-state index in [1.165, 1.54) is 0 Å². The highest BCUT2D eigenvalue weighted by atomic mass is 19.1. The van der Waals surface area contributed by atoms with Crippen molar-refractivity contribution in [1.29, 1.82) is 0 Å². The van der Waals surface area contributed by atoms with Gasteiger partial charge in [0.2, 0.25) is 5.82 Å². The number of hydrogen-bond donors (Lipinski definition) is 1. The van der Waals surface area contributed by atoms with Gasteiger partial charge in [0.1, 0.15) is 5.82 Å². The minimum absolute atomic E-state index is 0.161. The van der Waals surface area contributed by atoms with Crippen LogP contribution in [0.3, 0.4) is 0 Å². The van der Waals surface area contributed by atoms with Gasteiger partial charge in [-0.3, -0.25) is 4.90 Å². The van der Waals surface area contributed by atoms with Gasteiger partial charge in [-0.1, -0.05) is 12.1 Å². The third kappa shape index (κ3) is 3.15. The Balaban J connectivity index is 1.84. The maximum atomic E-state index is 14.7. The zero-order chi connectivity index (χ0) is 15.5. The molecule has 0 bridgehead atoms. The van der Waals surface area contributed by atoms with Gasteiger partial charge in [0, 0.05) is 31.3 Å². The van der Waals surface area contributed by atoms with E-state index in [9.17, 15) is 4.39 Å². The van der Waals surface area contributed by atoms with Crippen LogP contribution in [0.2, 0.25) is 0 Å². The summed E-state index contributed by atoms with van der Waals surface area (Å²) in [4.78, 5) is 2.26. The topological polar surface area (TPSA) is 66.9 Å². The number of nitrogens with zero attached hydrogens (tertiary/aromatic N) is 4. The number of hydrogen-bond acceptors (Lipinski definition) is 5. The molecule has 1 aliphatic rings. The zero-order valence-corrected chi connectivity index (χ0v) is 12.8. The molecule has 1 aromatic heterocycles. The van der Waals surface area contributed by atoms with Crippen molar-refractivity contribution < 1.29 is 9.13 Å². The highest BCUT2D eigenvalue weighted by Crippen LogP contribution is 2.24. The molecule has 1 saturated heterocycles. The zero-order valence-electron chi connectivity index (χ0n) is 12.8. The maximum absolute atomic E-state index is 14.7. The number of rotatable bonds is 3. The lowest BCUT2D eigenvalue weighted by molar-refractivity contribution is 0.0655. The highest BCUT2D eigenvalue weighted by Gasteiger charge is 2.23. The van der Waals surface area contributed by atoms with Crippen molar-refractivity contribution in [1.82, 2.24) is 25.5 Å². The smallest absolute Gasteiger partial charge is 0.207 e. The summed E-state index contributed by atoms with van der Waals surface area (Å²) in [6.45, 7) is 6.31. The molecule has 3 rings (SSSR count). The van der Waals surface area contributed by atoms with Crippen molar-refractivity contribution in [3.8, 4) is 11.4 Å². The molecule has 22 heavy (non-hydrogen) atoms. The average Bonchev–Trinajstić information content (AvgIpc) is 2.97. The quantitative estimate of drug-likeness (QED) is 0.939. The Morgan fingerprint density at radius 3 is 3.05 bits per heavy atom. The van der Waals surface area contributed by atoms with Crippen molar-refractivity contribution >= 4 is 0 Å². The molecule has 2 aromatic rings. The van der Waals surface area contributed by atoms with Gasteiger partial charge in [-0.2, -0.15) is 5.21 Å². The lowest BCUT2D eigenvalue weighted by atomic mass is 10.1. The Bertz CT molecular complexity index is 618. The Morgan fingerprint density at radius 2 is 2.27 bits per heavy atom. The first-order chi connectivity index (χ1) is 10.6. The average molecular weight is 305 g/mol. The first-order valence-electron chi connectivity index (χ1n) is 7.52. The van der Waals surface area contributed by atoms with Crippen molar-refractivity contribution in [2.75, 3.05) is 13.2 Å². The van der Waals surface area contributed by atoms with E-state index in [1.807, 2.05) is 12.1 Å². The summed E-state index contributed by atoms with van der Waals surface area (Å²) < 4.78 is 20.4. The molecule has 1 fully saturated rings. The normalized spacial score (nSPS) is 23.4. The van der Waals surface area contributed by atoms with Gasteiger partial charge in [0.15, 0.2) is 0 Å². The third-order valence-corrected chi connectivity index (χ3v) is 4.09. The fourth-order valence-corrected chi connectivity index (χ4v) is 2.77. The van der Waals surface area contributed by atoms with Gasteiger partial charge in [-0.25, -0.2) is 4.39 Å². The van der Waals surface area contributed by atoms with Crippen LogP contribution in [0, 0.1) is 5.82 Å². The van der Waals surface area contributed by atoms with Crippen LogP contribution in [-0.2, 0) is 11.3 Å². The number of aromatic amines is 1. The molecular weight excluding hydrogens is 285 g/mol. The molecule has 1 aromatic carbocycles. The van der Waals surface area contributed by atoms with Crippen LogP contribution >= 0.6 is 0 Å². The SMILES string of the molecule is C[C@@H]1CN(Cc2cccc(-c3nn[nH]n3)c2F)[C@H](C)CCO1. The molecule has 1 N–H and O–H groups in total. The number of halogens is 1. The first kappa shape index (κ1) is 15.1. The fraction of sp³-hybridized carbons (Fsp3) is 0.533. The molecule has 2 heterocycles. The van der Waals surface area contributed by atoms with Gasteiger partial charge in [-0.05, 0) is 31.5 Å². The number of benzene rings is 1. The van der Waals surface area contributed by atoms with Crippen LogP contribution in [0.15, 0.2) is 18.2 Å². The second kappa shape index (κ2) is 6.50. The molecule has 0 spiro atoms. The molecule has 0 aliphatic carbocycles. The fourth-order valence-electron chi connectivity index (χ4n) is 2.77. The molecule has 0 saturated carbocycles. The van der Waals surface area contributed by atoms with E-state index >= 15 is 0 Å². The number of aromatic nitrogens is 4. The minimum atomic E-state index is -0.283. The summed E-state index contributed by atoms with van der Waals surface area (Å²) >= 11 is 0. The van der Waals surface area contributed by atoms with E-state index in [2.05, 4.69) is 39.4 Å². The molecule has 118 valence electrons. The van der Waals surface area contributed by atoms with Crippen molar-refractivity contribution in [2.24, 2.45) is 0 Å². The van der Waals surface area contributed by atoms with Crippen LogP contribution < -0.4 is 0 Å². The molecule has 1 aliphatic heterocycles. The van der Waals surface area contributed by atoms with E-state index in [0.717, 1.165) is 19.6 Å². The van der Waals surface area contributed by atoms with Crippen LogP contribution in [0.4, 0.5) is 4.39 Å². The summed E-state index contributed by atoms with van der Waals surface area (Å²) in [6, 6.07) is 5.66. The van der Waals surface area contributed by atoms with Gasteiger partial charge in [-0.15, -0.1) is 10.2 Å². The summed E-state index contributed by atoms with van der Waals surface area (Å²) in [6.07, 6.45) is 1.12. The van der Waals surface area contributed by atoms with Gasteiger partial charge < -0.3 is 4.74 Å². The van der Waals surface area contributed by atoms with Crippen molar-refractivity contribution in [3.05, 3.63) is 29.6 Å². The standard InChI is InChI=1S/C15H20FN5O/c1-10-6-7-22-11(2)8-21(10)9-12-4-3-5-13(14(12)16)15-17-19-20-18-15/h3-5,10-11H,6-9H2,1-2H3,(H,17,18,19,20)/t10-,11-/m1/s1. The van der Waals surface area contributed by atoms with E-state index in [0.29, 0.717) is 23.7 Å². The summed E-state index contributed by atoms with van der Waals surface area (Å²) in [7, 11) is 0. The predicted octanol–water partition coefficient (Wildman–Crippen LogP) is 2.01. The van der Waals surface area contributed by atoms with Gasteiger partial charge >= 0.3 is 0 Å². The first-order valence-corrected chi connectivity index (χ1v) is 7.52. The lowest BCUT2D eigenvalue weighted by Crippen LogP contribution is -2.35. The van der Waals surface area contributed by atoms with Crippen LogP contribution in [0.5, 0.6) is 0 Å². The Hall–Kier alpha value is -1.86. The lowest BCUT2D eigenvalue weighted by Gasteiger charge is -2.28. The van der Waals surface area contributed by atoms with E-state index in [-0.39, 0.29) is 17.7 Å². The molecule has 0 radical (unpaired) electrons. The molecule has 7 heteroatoms. The Labute approximate surface area is 128 Å². The second-order valence-corrected chi connectivity index (χ2v) is 5.76.